The topological polar surface area (TPSA) is 57.8 Å². The summed E-state index contributed by atoms with van der Waals surface area (Å²) < 4.78 is 61.2. The summed E-state index contributed by atoms with van der Waals surface area (Å²) in [6, 6.07) is 1.20. The van der Waals surface area contributed by atoms with E-state index in [1.807, 2.05) is 0 Å². The number of nitrogens with one attached hydrogen (secondary N) is 2. The number of aromatic amines is 1. The minimum atomic E-state index is -5.94. The predicted molar refractivity (Wildman–Crippen MR) is 56.9 cm³/mol. The SMILES string of the molecule is CC(C)(C)c1cc(NC(=O)C(F)(F)C(F)(F)F)n[nH]1. The summed E-state index contributed by atoms with van der Waals surface area (Å²) in [6.07, 6.45) is -5.94. The van der Waals surface area contributed by atoms with Crippen LogP contribution in [-0.2, 0) is 10.2 Å². The average molecular weight is 285 g/mol. The number of hydrogen-bond acceptors (Lipinski definition) is 2. The van der Waals surface area contributed by atoms with Gasteiger partial charge in [-0.1, -0.05) is 20.8 Å². The Morgan fingerprint density at radius 3 is 2.11 bits per heavy atom. The van der Waals surface area contributed by atoms with Crippen molar-refractivity contribution in [3.63, 3.8) is 0 Å². The van der Waals surface area contributed by atoms with E-state index in [9.17, 15) is 26.7 Å². The summed E-state index contributed by atoms with van der Waals surface area (Å²) in [5.41, 5.74) is 0.0702. The summed E-state index contributed by atoms with van der Waals surface area (Å²) in [5, 5.41) is 7.34. The first-order chi connectivity index (χ1) is 8.35. The molecule has 1 aromatic heterocycles. The first-order valence-electron chi connectivity index (χ1n) is 5.17. The monoisotopic (exact) mass is 285 g/mol. The van der Waals surface area contributed by atoms with E-state index in [4.69, 9.17) is 0 Å². The fraction of sp³-hybridized carbons (Fsp3) is 0.600. The number of halogens is 5. The second kappa shape index (κ2) is 4.46. The van der Waals surface area contributed by atoms with E-state index in [0.29, 0.717) is 5.69 Å². The van der Waals surface area contributed by atoms with Crippen LogP contribution in [0.5, 0.6) is 0 Å². The molecule has 0 aromatic carbocycles. The highest BCUT2D eigenvalue weighted by atomic mass is 19.4. The minimum absolute atomic E-state index is 0.390. The molecule has 0 spiro atoms. The van der Waals surface area contributed by atoms with Crippen LogP contribution in [0.15, 0.2) is 6.07 Å². The van der Waals surface area contributed by atoms with Crippen molar-refractivity contribution in [3.8, 4) is 0 Å². The summed E-state index contributed by atoms with van der Waals surface area (Å²) in [4.78, 5) is 10.9. The van der Waals surface area contributed by atoms with Crippen molar-refractivity contribution in [2.75, 3.05) is 5.32 Å². The molecule has 0 aliphatic heterocycles. The van der Waals surface area contributed by atoms with Crippen LogP contribution in [0.4, 0.5) is 27.8 Å². The maximum atomic E-state index is 12.7. The first kappa shape index (κ1) is 15.4. The highest BCUT2D eigenvalue weighted by molar-refractivity contribution is 5.96. The van der Waals surface area contributed by atoms with Gasteiger partial charge in [-0.15, -0.1) is 0 Å². The fourth-order valence-corrected chi connectivity index (χ4v) is 1.09. The molecule has 0 atom stereocenters. The molecule has 108 valence electrons. The van der Waals surface area contributed by atoms with Crippen molar-refractivity contribution in [1.82, 2.24) is 10.2 Å². The third-order valence-corrected chi connectivity index (χ3v) is 2.27. The third kappa shape index (κ3) is 3.21. The van der Waals surface area contributed by atoms with Crippen LogP contribution in [0.1, 0.15) is 26.5 Å². The highest BCUT2D eigenvalue weighted by Crippen LogP contribution is 2.36. The molecule has 1 heterocycles. The maximum Gasteiger partial charge on any atom is 0.463 e. The van der Waals surface area contributed by atoms with E-state index in [1.54, 1.807) is 20.8 Å². The molecule has 0 saturated carbocycles. The summed E-state index contributed by atoms with van der Waals surface area (Å²) in [7, 11) is 0. The van der Waals surface area contributed by atoms with Crippen LogP contribution in [0.3, 0.4) is 0 Å². The van der Waals surface area contributed by atoms with Gasteiger partial charge in [0, 0.05) is 17.2 Å². The zero-order chi connectivity index (χ0) is 15.1. The Kier molecular flexibility index (Phi) is 3.61. The smallest absolute Gasteiger partial charge is 0.304 e. The van der Waals surface area contributed by atoms with Gasteiger partial charge in [-0.25, -0.2) is 0 Å². The minimum Gasteiger partial charge on any atom is -0.304 e. The molecule has 2 N–H and O–H groups in total. The first-order valence-corrected chi connectivity index (χ1v) is 5.17. The van der Waals surface area contributed by atoms with Gasteiger partial charge in [0.1, 0.15) is 0 Å². The standard InChI is InChI=1S/C10H12F5N3O/c1-8(2,3)5-4-6(18-17-5)16-7(19)9(11,12)10(13,14)15/h4H,1-3H3,(H2,16,17,18,19). The van der Waals surface area contributed by atoms with Gasteiger partial charge in [-0.3, -0.25) is 9.89 Å². The van der Waals surface area contributed by atoms with Crippen LogP contribution < -0.4 is 5.32 Å². The summed E-state index contributed by atoms with van der Waals surface area (Å²) in [6.45, 7) is 5.32. The number of hydrogen-bond donors (Lipinski definition) is 2. The number of rotatable bonds is 2. The Morgan fingerprint density at radius 2 is 1.74 bits per heavy atom. The van der Waals surface area contributed by atoms with Gasteiger partial charge in [0.25, 0.3) is 0 Å². The highest BCUT2D eigenvalue weighted by Gasteiger charge is 2.63. The lowest BCUT2D eigenvalue weighted by Gasteiger charge is -2.17. The quantitative estimate of drug-likeness (QED) is 0.821. The predicted octanol–water partition coefficient (Wildman–Crippen LogP) is 2.84. The zero-order valence-electron chi connectivity index (χ0n) is 10.3. The molecule has 1 amide bonds. The van der Waals surface area contributed by atoms with E-state index in [2.05, 4.69) is 10.2 Å². The van der Waals surface area contributed by atoms with Crippen LogP contribution >= 0.6 is 0 Å². The van der Waals surface area contributed by atoms with Gasteiger partial charge >= 0.3 is 18.0 Å². The van der Waals surface area contributed by atoms with Gasteiger partial charge < -0.3 is 5.32 Å². The molecule has 0 fully saturated rings. The molecule has 1 aromatic rings. The molecule has 4 nitrogen and oxygen atoms in total. The molecule has 0 aliphatic carbocycles. The van der Waals surface area contributed by atoms with Gasteiger partial charge in [-0.05, 0) is 0 Å². The van der Waals surface area contributed by atoms with Crippen molar-refractivity contribution < 1.29 is 26.7 Å². The normalized spacial score (nSPS) is 13.5. The number of anilines is 1. The second-order valence-electron chi connectivity index (χ2n) is 4.94. The van der Waals surface area contributed by atoms with Gasteiger partial charge in [-0.2, -0.15) is 27.1 Å². The van der Waals surface area contributed by atoms with Crippen LogP contribution in [0, 0.1) is 0 Å². The van der Waals surface area contributed by atoms with E-state index in [0.717, 1.165) is 0 Å². The Balaban J connectivity index is 2.87. The molecule has 0 radical (unpaired) electrons. The average Bonchev–Trinajstić information content (AvgIpc) is 2.63. The summed E-state index contributed by atoms with van der Waals surface area (Å²) >= 11 is 0. The lowest BCUT2D eigenvalue weighted by molar-refractivity contribution is -0.267. The van der Waals surface area contributed by atoms with Crippen LogP contribution in [-0.4, -0.2) is 28.2 Å². The lowest BCUT2D eigenvalue weighted by Crippen LogP contribution is -2.47. The zero-order valence-corrected chi connectivity index (χ0v) is 10.3. The van der Waals surface area contributed by atoms with Crippen LogP contribution in [0.2, 0.25) is 0 Å². The Hall–Kier alpha value is -1.67. The van der Waals surface area contributed by atoms with Crippen molar-refractivity contribution in [1.29, 1.82) is 0 Å². The molecule has 0 unspecified atom stereocenters. The van der Waals surface area contributed by atoms with E-state index >= 15 is 0 Å². The number of H-pyrrole nitrogens is 1. The largest absolute Gasteiger partial charge is 0.463 e. The van der Waals surface area contributed by atoms with Crippen molar-refractivity contribution in [2.45, 2.75) is 38.3 Å². The maximum absolute atomic E-state index is 12.7. The van der Waals surface area contributed by atoms with Gasteiger partial charge in [0.2, 0.25) is 0 Å². The number of carbonyl (C=O) groups excluding carboxylic acids is 1. The molecule has 19 heavy (non-hydrogen) atoms. The Labute approximate surface area is 105 Å². The van der Waals surface area contributed by atoms with Crippen molar-refractivity contribution in [3.05, 3.63) is 11.8 Å². The van der Waals surface area contributed by atoms with Crippen molar-refractivity contribution in [2.24, 2.45) is 0 Å². The Bertz CT molecular complexity index is 472. The van der Waals surface area contributed by atoms with Gasteiger partial charge in [0.15, 0.2) is 5.82 Å². The summed E-state index contributed by atoms with van der Waals surface area (Å²) in [5.74, 6) is -8.32. The Morgan fingerprint density at radius 1 is 1.21 bits per heavy atom. The van der Waals surface area contributed by atoms with E-state index in [-0.39, 0.29) is 5.82 Å². The van der Waals surface area contributed by atoms with Crippen LogP contribution in [0.25, 0.3) is 0 Å². The number of alkyl halides is 5. The van der Waals surface area contributed by atoms with E-state index < -0.39 is 23.4 Å². The van der Waals surface area contributed by atoms with Crippen molar-refractivity contribution >= 4 is 11.7 Å². The number of aromatic nitrogens is 2. The number of nitrogens with zero attached hydrogens (tertiary/aromatic N) is 1. The number of carbonyl (C=O) groups is 1. The lowest BCUT2D eigenvalue weighted by atomic mass is 9.92. The second-order valence-corrected chi connectivity index (χ2v) is 4.94. The molecule has 9 heteroatoms. The van der Waals surface area contributed by atoms with E-state index in [1.165, 1.54) is 11.4 Å². The molecule has 0 aliphatic rings. The fourth-order valence-electron chi connectivity index (χ4n) is 1.09. The molecular weight excluding hydrogens is 273 g/mol. The number of amides is 1. The molecule has 1 rings (SSSR count). The molecule has 0 saturated heterocycles. The van der Waals surface area contributed by atoms with Gasteiger partial charge in [0.05, 0.1) is 0 Å². The third-order valence-electron chi connectivity index (χ3n) is 2.27. The molecule has 0 bridgehead atoms. The molecular formula is C10H12F5N3O.